The van der Waals surface area contributed by atoms with Crippen LogP contribution in [0, 0.1) is 0 Å². The second-order valence-corrected chi connectivity index (χ2v) is 5.36. The number of rotatable bonds is 3. The first-order valence-electron chi connectivity index (χ1n) is 5.13. The smallest absolute Gasteiger partial charge is 0.294 e. The first-order chi connectivity index (χ1) is 8.10. The minimum atomic E-state index is -0.173. The second kappa shape index (κ2) is 5.09. The van der Waals surface area contributed by atoms with Crippen molar-refractivity contribution in [2.75, 3.05) is 20.3 Å². The normalized spacial score (nSPS) is 19.6. The number of nitrogens with zero attached hydrogens (tertiary/aromatic N) is 2. The third-order valence-corrected chi connectivity index (χ3v) is 4.75. The zero-order valence-corrected chi connectivity index (χ0v) is 12.4. The molecule has 0 fully saturated rings. The average molecular weight is 368 g/mol. The molecule has 2 heterocycles. The molecule has 0 bridgehead atoms. The van der Waals surface area contributed by atoms with Gasteiger partial charge in [-0.15, -0.1) is 0 Å². The number of carbonyl (C=O) groups is 1. The molecule has 7 heteroatoms. The summed E-state index contributed by atoms with van der Waals surface area (Å²) in [7, 11) is 1.47. The molecule has 1 N–H and O–H groups in total. The maximum Gasteiger partial charge on any atom is 0.294 e. The molecule has 1 aromatic rings. The van der Waals surface area contributed by atoms with E-state index in [0.717, 1.165) is 9.08 Å². The van der Waals surface area contributed by atoms with Gasteiger partial charge in [-0.1, -0.05) is 0 Å². The molecule has 1 aliphatic rings. The van der Waals surface area contributed by atoms with Crippen LogP contribution >= 0.6 is 31.9 Å². The maximum absolute atomic E-state index is 12.0. The lowest BCUT2D eigenvalue weighted by molar-refractivity contribution is -0.109. The number of hydrogen-bond donors (Lipinski definition) is 1. The number of hydroxylamine groups is 2. The molecule has 0 radical (unpaired) electrons. The molecule has 0 aliphatic carbocycles. The fraction of sp³-hybridized carbons (Fsp3) is 0.500. The largest absolute Gasteiger partial charge is 0.396 e. The van der Waals surface area contributed by atoms with Crippen LogP contribution < -0.4 is 0 Å². The molecule has 1 unspecified atom stereocenters. The summed E-state index contributed by atoms with van der Waals surface area (Å²) in [5, 5.41) is 10.4. The van der Waals surface area contributed by atoms with Gasteiger partial charge >= 0.3 is 0 Å². The van der Waals surface area contributed by atoms with E-state index in [-0.39, 0.29) is 18.6 Å². The van der Waals surface area contributed by atoms with Gasteiger partial charge in [0.15, 0.2) is 0 Å². The van der Waals surface area contributed by atoms with Crippen molar-refractivity contribution in [3.8, 4) is 0 Å². The van der Waals surface area contributed by atoms with Crippen molar-refractivity contribution in [3.63, 3.8) is 0 Å². The topological polar surface area (TPSA) is 54.7 Å². The number of halogens is 2. The molecule has 17 heavy (non-hydrogen) atoms. The van der Waals surface area contributed by atoms with E-state index in [1.165, 1.54) is 12.2 Å². The monoisotopic (exact) mass is 366 g/mol. The number of aromatic nitrogens is 1. The lowest BCUT2D eigenvalue weighted by Crippen LogP contribution is -2.42. The van der Waals surface area contributed by atoms with Crippen molar-refractivity contribution in [1.82, 2.24) is 9.63 Å². The lowest BCUT2D eigenvalue weighted by atomic mass is 10.1. The molecular formula is C10H12Br2N2O3. The quantitative estimate of drug-likeness (QED) is 0.888. The molecular weight excluding hydrogens is 356 g/mol. The SMILES string of the molecule is CON1CC(CCO)n2c(cc(Br)c2Br)C1=O. The summed E-state index contributed by atoms with van der Waals surface area (Å²) in [4.78, 5) is 17.1. The van der Waals surface area contributed by atoms with Crippen LogP contribution in [-0.4, -0.2) is 40.9 Å². The Labute approximate surface area is 116 Å². The van der Waals surface area contributed by atoms with Crippen LogP contribution in [-0.2, 0) is 4.84 Å². The summed E-state index contributed by atoms with van der Waals surface area (Å²) in [5.74, 6) is -0.173. The standard InChI is InChI=1S/C10H12Br2N2O3/c1-17-13-5-6(2-3-15)14-8(10(13)16)4-7(11)9(14)12/h4,6,15H,2-3,5H2,1H3. The van der Waals surface area contributed by atoms with Gasteiger partial charge in [-0.2, -0.15) is 0 Å². The number of aliphatic hydroxyl groups excluding tert-OH is 1. The van der Waals surface area contributed by atoms with E-state index in [1.54, 1.807) is 6.07 Å². The molecule has 1 aliphatic heterocycles. The zero-order valence-electron chi connectivity index (χ0n) is 9.19. The van der Waals surface area contributed by atoms with Crippen LogP contribution in [0.3, 0.4) is 0 Å². The van der Waals surface area contributed by atoms with Crippen LogP contribution in [0.1, 0.15) is 23.0 Å². The molecule has 94 valence electrons. The van der Waals surface area contributed by atoms with E-state index in [2.05, 4.69) is 31.9 Å². The Morgan fingerprint density at radius 3 is 2.88 bits per heavy atom. The fourth-order valence-electron chi connectivity index (χ4n) is 2.00. The van der Waals surface area contributed by atoms with Gasteiger partial charge in [0.25, 0.3) is 5.91 Å². The van der Waals surface area contributed by atoms with Crippen molar-refractivity contribution >= 4 is 37.8 Å². The Morgan fingerprint density at radius 1 is 1.59 bits per heavy atom. The van der Waals surface area contributed by atoms with Crippen molar-refractivity contribution in [2.24, 2.45) is 0 Å². The van der Waals surface area contributed by atoms with Crippen molar-refractivity contribution in [2.45, 2.75) is 12.5 Å². The summed E-state index contributed by atoms with van der Waals surface area (Å²) in [5.41, 5.74) is 0.551. The minimum absolute atomic E-state index is 0.00771. The average Bonchev–Trinajstić information content (AvgIpc) is 2.61. The molecule has 0 spiro atoms. The van der Waals surface area contributed by atoms with E-state index >= 15 is 0 Å². The summed E-state index contributed by atoms with van der Waals surface area (Å²) < 4.78 is 3.52. The fourth-order valence-corrected chi connectivity index (χ4v) is 3.01. The summed E-state index contributed by atoms with van der Waals surface area (Å²) in [6.07, 6.45) is 0.569. The van der Waals surface area contributed by atoms with Crippen LogP contribution in [0.5, 0.6) is 0 Å². The van der Waals surface area contributed by atoms with E-state index in [1.807, 2.05) is 4.57 Å². The van der Waals surface area contributed by atoms with Gasteiger partial charge in [0, 0.05) is 6.61 Å². The predicted octanol–water partition coefficient (Wildman–Crippen LogP) is 1.95. The van der Waals surface area contributed by atoms with Gasteiger partial charge in [-0.3, -0.25) is 9.63 Å². The predicted molar refractivity (Wildman–Crippen MR) is 68.6 cm³/mol. The molecule has 0 saturated heterocycles. The molecule has 1 aromatic heterocycles. The Morgan fingerprint density at radius 2 is 2.29 bits per heavy atom. The zero-order chi connectivity index (χ0) is 12.6. The summed E-state index contributed by atoms with van der Waals surface area (Å²) >= 11 is 6.82. The molecule has 0 aromatic carbocycles. The molecule has 2 rings (SSSR count). The molecule has 0 saturated carbocycles. The van der Waals surface area contributed by atoms with Crippen LogP contribution in [0.25, 0.3) is 0 Å². The third-order valence-electron chi connectivity index (χ3n) is 2.80. The van der Waals surface area contributed by atoms with Gasteiger partial charge < -0.3 is 9.67 Å². The van der Waals surface area contributed by atoms with Gasteiger partial charge in [0.2, 0.25) is 0 Å². The van der Waals surface area contributed by atoms with E-state index in [0.29, 0.717) is 18.7 Å². The highest BCUT2D eigenvalue weighted by Crippen LogP contribution is 2.35. The molecule has 5 nitrogen and oxygen atoms in total. The van der Waals surface area contributed by atoms with Crippen LogP contribution in [0.4, 0.5) is 0 Å². The number of hydrogen-bond acceptors (Lipinski definition) is 3. The highest BCUT2D eigenvalue weighted by atomic mass is 79.9. The third kappa shape index (κ3) is 2.16. The van der Waals surface area contributed by atoms with Crippen molar-refractivity contribution in [1.29, 1.82) is 0 Å². The Bertz CT molecular complexity index is 447. The van der Waals surface area contributed by atoms with Gasteiger partial charge in [0.1, 0.15) is 5.69 Å². The van der Waals surface area contributed by atoms with E-state index in [4.69, 9.17) is 9.94 Å². The number of carbonyl (C=O) groups excluding carboxylic acids is 1. The number of amides is 1. The van der Waals surface area contributed by atoms with Crippen LogP contribution in [0.2, 0.25) is 0 Å². The highest BCUT2D eigenvalue weighted by Gasteiger charge is 2.33. The summed E-state index contributed by atoms with van der Waals surface area (Å²) in [6, 6.07) is 1.76. The highest BCUT2D eigenvalue weighted by molar-refractivity contribution is 9.13. The van der Waals surface area contributed by atoms with E-state index in [9.17, 15) is 4.79 Å². The van der Waals surface area contributed by atoms with Crippen molar-refractivity contribution in [3.05, 3.63) is 20.8 Å². The van der Waals surface area contributed by atoms with Gasteiger partial charge in [0.05, 0.1) is 28.8 Å². The number of fused-ring (bicyclic) bond motifs is 1. The Hall–Kier alpha value is -0.370. The maximum atomic E-state index is 12.0. The van der Waals surface area contributed by atoms with Crippen molar-refractivity contribution < 1.29 is 14.7 Å². The molecule has 1 atom stereocenters. The Balaban J connectivity index is 2.47. The van der Waals surface area contributed by atoms with Gasteiger partial charge in [-0.25, -0.2) is 5.06 Å². The van der Waals surface area contributed by atoms with Gasteiger partial charge in [-0.05, 0) is 44.3 Å². The first kappa shape index (κ1) is 13.1. The molecule has 1 amide bonds. The van der Waals surface area contributed by atoms with Crippen LogP contribution in [0.15, 0.2) is 15.1 Å². The minimum Gasteiger partial charge on any atom is -0.396 e. The number of aliphatic hydroxyl groups is 1. The van der Waals surface area contributed by atoms with E-state index < -0.39 is 0 Å². The first-order valence-corrected chi connectivity index (χ1v) is 6.71. The summed E-state index contributed by atoms with van der Waals surface area (Å²) in [6.45, 7) is 0.501. The lowest BCUT2D eigenvalue weighted by Gasteiger charge is -2.33. The second-order valence-electron chi connectivity index (χ2n) is 3.75. The Kier molecular flexibility index (Phi) is 3.92.